The highest BCUT2D eigenvalue weighted by Gasteiger charge is 2.27. The highest BCUT2D eigenvalue weighted by molar-refractivity contribution is 6.30. The highest BCUT2D eigenvalue weighted by atomic mass is 35.5. The average Bonchev–Trinajstić information content (AvgIpc) is 2.64. The number of carbonyl (C=O) groups is 4. The van der Waals surface area contributed by atoms with Gasteiger partial charge in [-0.1, -0.05) is 11.6 Å². The molecule has 1 saturated heterocycles. The van der Waals surface area contributed by atoms with Gasteiger partial charge in [0.15, 0.2) is 12.4 Å². The summed E-state index contributed by atoms with van der Waals surface area (Å²) in [5, 5.41) is 0.524. The summed E-state index contributed by atoms with van der Waals surface area (Å²) >= 11 is 5.76. The van der Waals surface area contributed by atoms with Crippen molar-refractivity contribution in [2.45, 2.75) is 25.7 Å². The molecule has 0 aromatic heterocycles. The van der Waals surface area contributed by atoms with Gasteiger partial charge in [0.25, 0.3) is 5.91 Å². The lowest BCUT2D eigenvalue weighted by Crippen LogP contribution is -2.45. The Labute approximate surface area is 156 Å². The second-order valence-electron chi connectivity index (χ2n) is 6.17. The van der Waals surface area contributed by atoms with Crippen molar-refractivity contribution in [2.75, 3.05) is 19.7 Å². The van der Waals surface area contributed by atoms with Crippen molar-refractivity contribution in [2.24, 2.45) is 11.7 Å². The summed E-state index contributed by atoms with van der Waals surface area (Å²) in [5.74, 6) is -1.98. The molecule has 0 radical (unpaired) electrons. The Morgan fingerprint density at radius 2 is 1.85 bits per heavy atom. The molecule has 0 spiro atoms. The number of nitrogens with two attached hydrogens (primary N) is 1. The van der Waals surface area contributed by atoms with Crippen LogP contribution in [-0.4, -0.2) is 48.2 Å². The van der Waals surface area contributed by atoms with E-state index in [2.05, 4.69) is 0 Å². The van der Waals surface area contributed by atoms with Crippen molar-refractivity contribution in [3.8, 4) is 0 Å². The predicted octanol–water partition coefficient (Wildman–Crippen LogP) is 1.57. The molecule has 1 fully saturated rings. The number of hydrogen-bond donors (Lipinski definition) is 1. The highest BCUT2D eigenvalue weighted by Crippen LogP contribution is 2.16. The summed E-state index contributed by atoms with van der Waals surface area (Å²) in [6, 6.07) is 6.38. The molecular formula is C18H21ClN2O5. The van der Waals surface area contributed by atoms with E-state index in [0.29, 0.717) is 30.0 Å². The Bertz CT molecular complexity index is 689. The largest absolute Gasteiger partial charge is 0.456 e. The Balaban J connectivity index is 1.72. The van der Waals surface area contributed by atoms with E-state index in [1.165, 1.54) is 4.90 Å². The molecule has 8 heteroatoms. The van der Waals surface area contributed by atoms with Crippen LogP contribution >= 0.6 is 11.6 Å². The minimum absolute atomic E-state index is 0.0118. The van der Waals surface area contributed by atoms with Crippen LogP contribution < -0.4 is 5.73 Å². The lowest BCUT2D eigenvalue weighted by Gasteiger charge is -2.31. The maximum absolute atomic E-state index is 12.1. The molecule has 1 atom stereocenters. The van der Waals surface area contributed by atoms with Gasteiger partial charge in [-0.25, -0.2) is 0 Å². The molecule has 0 bridgehead atoms. The van der Waals surface area contributed by atoms with Gasteiger partial charge in [0, 0.05) is 30.1 Å². The summed E-state index contributed by atoms with van der Waals surface area (Å²) < 4.78 is 4.94. The normalized spacial score (nSPS) is 16.8. The van der Waals surface area contributed by atoms with E-state index in [-0.39, 0.29) is 37.0 Å². The van der Waals surface area contributed by atoms with Gasteiger partial charge in [-0.3, -0.25) is 19.2 Å². The van der Waals surface area contributed by atoms with Crippen LogP contribution in [0.1, 0.15) is 36.0 Å². The number of ketones is 1. The zero-order valence-electron chi connectivity index (χ0n) is 14.3. The zero-order chi connectivity index (χ0) is 19.1. The molecule has 0 aliphatic carbocycles. The van der Waals surface area contributed by atoms with Gasteiger partial charge in [-0.05, 0) is 37.1 Å². The summed E-state index contributed by atoms with van der Waals surface area (Å²) in [6.07, 6.45) is 1.22. The van der Waals surface area contributed by atoms with Gasteiger partial charge >= 0.3 is 5.97 Å². The number of hydrogen-bond acceptors (Lipinski definition) is 5. The number of amides is 2. The third-order valence-corrected chi connectivity index (χ3v) is 4.51. The monoisotopic (exact) mass is 380 g/mol. The Morgan fingerprint density at radius 3 is 2.50 bits per heavy atom. The maximum Gasteiger partial charge on any atom is 0.306 e. The van der Waals surface area contributed by atoms with E-state index in [9.17, 15) is 19.2 Å². The molecule has 140 valence electrons. The molecule has 1 aliphatic heterocycles. The van der Waals surface area contributed by atoms with Gasteiger partial charge in [0.2, 0.25) is 5.91 Å². The fraction of sp³-hybridized carbons (Fsp3) is 0.444. The molecular weight excluding hydrogens is 360 g/mol. The quantitative estimate of drug-likeness (QED) is 0.570. The molecule has 2 amide bonds. The molecule has 2 N–H and O–H groups in total. The third kappa shape index (κ3) is 5.84. The summed E-state index contributed by atoms with van der Waals surface area (Å²) in [7, 11) is 0. The first kappa shape index (κ1) is 19.9. The topological polar surface area (TPSA) is 107 Å². The van der Waals surface area contributed by atoms with E-state index in [4.69, 9.17) is 22.1 Å². The smallest absolute Gasteiger partial charge is 0.306 e. The molecule has 1 heterocycles. The van der Waals surface area contributed by atoms with Crippen LogP contribution in [0.25, 0.3) is 0 Å². The zero-order valence-corrected chi connectivity index (χ0v) is 15.0. The number of ether oxygens (including phenoxy) is 1. The minimum atomic E-state index is -0.621. The second kappa shape index (κ2) is 9.33. The van der Waals surface area contributed by atoms with Crippen LogP contribution in [0.15, 0.2) is 24.3 Å². The van der Waals surface area contributed by atoms with Gasteiger partial charge < -0.3 is 15.4 Å². The van der Waals surface area contributed by atoms with E-state index in [1.807, 2.05) is 0 Å². The number of Topliss-reactive ketones (excluding diaryl/α,β-unsaturated/α-hetero) is 1. The van der Waals surface area contributed by atoms with Crippen molar-refractivity contribution in [3.63, 3.8) is 0 Å². The number of benzene rings is 1. The van der Waals surface area contributed by atoms with Crippen LogP contribution in [-0.2, 0) is 19.1 Å². The summed E-state index contributed by atoms with van der Waals surface area (Å²) in [5.41, 5.74) is 5.74. The van der Waals surface area contributed by atoms with E-state index < -0.39 is 18.5 Å². The Morgan fingerprint density at radius 1 is 1.15 bits per heavy atom. The summed E-state index contributed by atoms with van der Waals surface area (Å²) in [6.45, 7) is 0.357. The number of piperidine rings is 1. The molecule has 1 aromatic rings. The summed E-state index contributed by atoms with van der Waals surface area (Å²) in [4.78, 5) is 48.5. The van der Waals surface area contributed by atoms with Gasteiger partial charge in [-0.15, -0.1) is 0 Å². The molecule has 7 nitrogen and oxygen atoms in total. The fourth-order valence-electron chi connectivity index (χ4n) is 2.74. The number of likely N-dealkylation sites (tertiary alicyclic amines) is 1. The van der Waals surface area contributed by atoms with Crippen LogP contribution in [0.5, 0.6) is 0 Å². The van der Waals surface area contributed by atoms with Crippen LogP contribution in [0.2, 0.25) is 5.02 Å². The molecule has 1 aliphatic rings. The van der Waals surface area contributed by atoms with Crippen molar-refractivity contribution in [1.29, 1.82) is 0 Å². The lowest BCUT2D eigenvalue weighted by molar-refractivity contribution is -0.153. The minimum Gasteiger partial charge on any atom is -0.456 e. The SMILES string of the molecule is NC(=O)[C@H]1CCCN(C(=O)COC(=O)CCC(=O)c2ccc(Cl)cc2)C1. The number of esters is 1. The van der Waals surface area contributed by atoms with Crippen molar-refractivity contribution < 1.29 is 23.9 Å². The standard InChI is InChI=1S/C18H21ClN2O5/c19-14-5-3-12(4-6-14)15(22)7-8-17(24)26-11-16(23)21-9-1-2-13(10-21)18(20)25/h3-6,13H,1-2,7-11H2,(H2,20,25)/t13-/m0/s1. The first-order valence-corrected chi connectivity index (χ1v) is 8.76. The van der Waals surface area contributed by atoms with E-state index >= 15 is 0 Å². The third-order valence-electron chi connectivity index (χ3n) is 4.26. The Kier molecular flexibility index (Phi) is 7.15. The number of primary amides is 1. The molecule has 0 saturated carbocycles. The van der Waals surface area contributed by atoms with Gasteiger partial charge in [-0.2, -0.15) is 0 Å². The van der Waals surface area contributed by atoms with Crippen molar-refractivity contribution in [3.05, 3.63) is 34.9 Å². The van der Waals surface area contributed by atoms with Gasteiger partial charge in [0.05, 0.1) is 12.3 Å². The second-order valence-corrected chi connectivity index (χ2v) is 6.61. The maximum atomic E-state index is 12.1. The van der Waals surface area contributed by atoms with E-state index in [0.717, 1.165) is 0 Å². The first-order valence-electron chi connectivity index (χ1n) is 8.38. The first-order chi connectivity index (χ1) is 12.4. The molecule has 2 rings (SSSR count). The Hall–Kier alpha value is -2.41. The van der Waals surface area contributed by atoms with Crippen molar-refractivity contribution >= 4 is 35.2 Å². The molecule has 0 unspecified atom stereocenters. The van der Waals surface area contributed by atoms with Gasteiger partial charge in [0.1, 0.15) is 0 Å². The molecule has 1 aromatic carbocycles. The average molecular weight is 381 g/mol. The fourth-order valence-corrected chi connectivity index (χ4v) is 2.86. The van der Waals surface area contributed by atoms with Crippen LogP contribution in [0, 0.1) is 5.92 Å². The number of halogens is 1. The predicted molar refractivity (Wildman–Crippen MR) is 94.5 cm³/mol. The number of rotatable bonds is 7. The van der Waals surface area contributed by atoms with Crippen LogP contribution in [0.3, 0.4) is 0 Å². The number of nitrogens with zero attached hydrogens (tertiary/aromatic N) is 1. The van der Waals surface area contributed by atoms with Crippen molar-refractivity contribution in [1.82, 2.24) is 4.90 Å². The number of carbonyl (C=O) groups excluding carboxylic acids is 4. The van der Waals surface area contributed by atoms with Crippen LogP contribution in [0.4, 0.5) is 0 Å². The lowest BCUT2D eigenvalue weighted by atomic mass is 9.97. The molecule has 26 heavy (non-hydrogen) atoms. The van der Waals surface area contributed by atoms with E-state index in [1.54, 1.807) is 24.3 Å².